The van der Waals surface area contributed by atoms with Crippen LogP contribution in [-0.4, -0.2) is 12.7 Å². The lowest BCUT2D eigenvalue weighted by molar-refractivity contribution is -0.116. The van der Waals surface area contributed by atoms with Crippen LogP contribution in [0.5, 0.6) is 11.5 Å². The highest BCUT2D eigenvalue weighted by Gasteiger charge is 2.17. The minimum Gasteiger partial charge on any atom is -0.454 e. The van der Waals surface area contributed by atoms with Crippen molar-refractivity contribution in [3.63, 3.8) is 0 Å². The van der Waals surface area contributed by atoms with Crippen molar-refractivity contribution < 1.29 is 14.3 Å². The van der Waals surface area contributed by atoms with Crippen molar-refractivity contribution in [2.45, 2.75) is 13.0 Å². The lowest BCUT2D eigenvalue weighted by Crippen LogP contribution is -2.28. The van der Waals surface area contributed by atoms with E-state index in [1.54, 1.807) is 12.2 Å². The Morgan fingerprint density at radius 1 is 0.964 bits per heavy atom. The molecule has 0 bridgehead atoms. The zero-order chi connectivity index (χ0) is 19.3. The Morgan fingerprint density at radius 2 is 1.71 bits per heavy atom. The van der Waals surface area contributed by atoms with Crippen molar-refractivity contribution in [3.8, 4) is 11.5 Å². The molecule has 4 nitrogen and oxygen atoms in total. The van der Waals surface area contributed by atoms with Crippen LogP contribution in [0.3, 0.4) is 0 Å². The summed E-state index contributed by atoms with van der Waals surface area (Å²) in [6.07, 6.45) is 3.32. The van der Waals surface area contributed by atoms with Gasteiger partial charge >= 0.3 is 0 Å². The van der Waals surface area contributed by atoms with E-state index in [0.717, 1.165) is 28.0 Å². The second-order valence-electron chi connectivity index (χ2n) is 6.65. The third-order valence-electron chi connectivity index (χ3n) is 4.74. The third kappa shape index (κ3) is 3.91. The number of amides is 1. The van der Waals surface area contributed by atoms with E-state index in [2.05, 4.69) is 24.4 Å². The molecule has 3 aromatic rings. The minimum absolute atomic E-state index is 0.158. The highest BCUT2D eigenvalue weighted by molar-refractivity contribution is 5.92. The van der Waals surface area contributed by atoms with Gasteiger partial charge in [0.25, 0.3) is 0 Å². The van der Waals surface area contributed by atoms with Gasteiger partial charge in [0.1, 0.15) is 0 Å². The normalized spacial score (nSPS) is 13.5. The Kier molecular flexibility index (Phi) is 5.11. The van der Waals surface area contributed by atoms with Gasteiger partial charge in [-0.3, -0.25) is 4.79 Å². The van der Waals surface area contributed by atoms with Gasteiger partial charge in [0.2, 0.25) is 12.7 Å². The van der Waals surface area contributed by atoms with Crippen LogP contribution >= 0.6 is 0 Å². The second-order valence-corrected chi connectivity index (χ2v) is 6.65. The van der Waals surface area contributed by atoms with Gasteiger partial charge in [-0.2, -0.15) is 0 Å². The summed E-state index contributed by atoms with van der Waals surface area (Å²) in [5.41, 5.74) is 4.14. The van der Waals surface area contributed by atoms with Gasteiger partial charge in [-0.25, -0.2) is 0 Å². The summed E-state index contributed by atoms with van der Waals surface area (Å²) in [5.74, 6) is 1.27. The molecule has 1 N–H and O–H groups in total. The van der Waals surface area contributed by atoms with Crippen molar-refractivity contribution in [3.05, 3.63) is 101 Å². The van der Waals surface area contributed by atoms with Crippen LogP contribution in [0.4, 0.5) is 0 Å². The summed E-state index contributed by atoms with van der Waals surface area (Å²) in [5, 5.41) is 3.13. The van der Waals surface area contributed by atoms with Gasteiger partial charge < -0.3 is 14.8 Å². The number of nitrogens with one attached hydrogen (secondary N) is 1. The Hall–Kier alpha value is -3.53. The number of aryl methyl sites for hydroxylation is 1. The number of fused-ring (bicyclic) bond motifs is 1. The Balaban J connectivity index is 1.55. The summed E-state index contributed by atoms with van der Waals surface area (Å²) in [6.45, 7) is 2.29. The quantitative estimate of drug-likeness (QED) is 0.665. The lowest BCUT2D eigenvalue weighted by Gasteiger charge is -2.21. The fourth-order valence-electron chi connectivity index (χ4n) is 3.28. The highest BCUT2D eigenvalue weighted by Crippen LogP contribution is 2.32. The Labute approximate surface area is 164 Å². The molecule has 3 aromatic carbocycles. The van der Waals surface area contributed by atoms with Crippen LogP contribution in [0.1, 0.15) is 28.3 Å². The largest absolute Gasteiger partial charge is 0.454 e. The van der Waals surface area contributed by atoms with Crippen LogP contribution in [0.25, 0.3) is 6.08 Å². The third-order valence-corrected chi connectivity index (χ3v) is 4.74. The second kappa shape index (κ2) is 8.01. The van der Waals surface area contributed by atoms with E-state index in [0.29, 0.717) is 5.75 Å². The minimum atomic E-state index is -0.212. The maximum Gasteiger partial charge on any atom is 0.244 e. The zero-order valence-electron chi connectivity index (χ0n) is 15.6. The molecule has 0 unspecified atom stereocenters. The van der Waals surface area contributed by atoms with Crippen LogP contribution in [0, 0.1) is 6.92 Å². The topological polar surface area (TPSA) is 47.6 Å². The van der Waals surface area contributed by atoms with Gasteiger partial charge in [0.15, 0.2) is 11.5 Å². The van der Waals surface area contributed by atoms with Crippen LogP contribution in [0.2, 0.25) is 0 Å². The summed E-state index contributed by atoms with van der Waals surface area (Å²) in [6, 6.07) is 23.5. The maximum atomic E-state index is 12.7. The van der Waals surface area contributed by atoms with Gasteiger partial charge in [0.05, 0.1) is 6.04 Å². The Morgan fingerprint density at radius 3 is 2.54 bits per heavy atom. The SMILES string of the molecule is Cc1ccccc1[C@@H](NC(=O)/C=C/c1ccc2c(c1)OCO2)c1ccccc1. The number of benzene rings is 3. The number of hydrogen-bond acceptors (Lipinski definition) is 3. The van der Waals surface area contributed by atoms with Crippen molar-refractivity contribution in [2.24, 2.45) is 0 Å². The average molecular weight is 371 g/mol. The molecule has 0 aromatic heterocycles. The Bertz CT molecular complexity index is 1010. The molecule has 1 amide bonds. The average Bonchev–Trinajstić information content (AvgIpc) is 3.20. The molecule has 4 rings (SSSR count). The highest BCUT2D eigenvalue weighted by atomic mass is 16.7. The fraction of sp³-hybridized carbons (Fsp3) is 0.125. The summed E-state index contributed by atoms with van der Waals surface area (Å²) >= 11 is 0. The predicted molar refractivity (Wildman–Crippen MR) is 109 cm³/mol. The van der Waals surface area contributed by atoms with Gasteiger partial charge in [-0.15, -0.1) is 0 Å². The van der Waals surface area contributed by atoms with Crippen LogP contribution < -0.4 is 14.8 Å². The molecule has 1 aliphatic rings. The first-order valence-electron chi connectivity index (χ1n) is 9.19. The molecule has 0 saturated heterocycles. The van der Waals surface area contributed by atoms with Crippen molar-refractivity contribution in [2.75, 3.05) is 6.79 Å². The van der Waals surface area contributed by atoms with Crippen LogP contribution in [-0.2, 0) is 4.79 Å². The summed E-state index contributed by atoms with van der Waals surface area (Å²) in [4.78, 5) is 12.7. The number of carbonyl (C=O) groups is 1. The molecule has 28 heavy (non-hydrogen) atoms. The van der Waals surface area contributed by atoms with Crippen molar-refractivity contribution >= 4 is 12.0 Å². The molecule has 0 spiro atoms. The first kappa shape index (κ1) is 17.9. The molecule has 0 radical (unpaired) electrons. The fourth-order valence-corrected chi connectivity index (χ4v) is 3.28. The molecule has 0 fully saturated rings. The number of ether oxygens (including phenoxy) is 2. The zero-order valence-corrected chi connectivity index (χ0v) is 15.6. The van der Waals surface area contributed by atoms with Gasteiger partial charge in [-0.1, -0.05) is 60.7 Å². The molecule has 4 heteroatoms. The molecular formula is C24H21NO3. The molecule has 0 aliphatic carbocycles. The van der Waals surface area contributed by atoms with Gasteiger partial charge in [0, 0.05) is 6.08 Å². The van der Waals surface area contributed by atoms with E-state index in [1.807, 2.05) is 60.7 Å². The molecular weight excluding hydrogens is 350 g/mol. The molecule has 1 atom stereocenters. The first-order valence-corrected chi connectivity index (χ1v) is 9.19. The van der Waals surface area contributed by atoms with Crippen molar-refractivity contribution in [1.82, 2.24) is 5.32 Å². The van der Waals surface area contributed by atoms with Gasteiger partial charge in [-0.05, 0) is 47.4 Å². The predicted octanol–water partition coefficient (Wildman–Crippen LogP) is 4.64. The van der Waals surface area contributed by atoms with E-state index in [1.165, 1.54) is 0 Å². The monoisotopic (exact) mass is 371 g/mol. The van der Waals surface area contributed by atoms with E-state index in [-0.39, 0.29) is 18.7 Å². The molecule has 0 saturated carbocycles. The van der Waals surface area contributed by atoms with E-state index >= 15 is 0 Å². The molecule has 1 aliphatic heterocycles. The summed E-state index contributed by atoms with van der Waals surface area (Å²) < 4.78 is 10.7. The number of rotatable bonds is 5. The lowest BCUT2D eigenvalue weighted by atomic mass is 9.95. The first-order chi connectivity index (χ1) is 13.7. The standard InChI is InChI=1S/C24H21NO3/c1-17-7-5-6-10-20(17)24(19-8-3-2-4-9-19)25-23(26)14-12-18-11-13-21-22(15-18)28-16-27-21/h2-15,24H,16H2,1H3,(H,25,26)/b14-12+/t24-/m0/s1. The van der Waals surface area contributed by atoms with E-state index in [9.17, 15) is 4.79 Å². The maximum absolute atomic E-state index is 12.7. The van der Waals surface area contributed by atoms with Crippen LogP contribution in [0.15, 0.2) is 78.9 Å². The van der Waals surface area contributed by atoms with E-state index < -0.39 is 0 Å². The van der Waals surface area contributed by atoms with Crippen molar-refractivity contribution in [1.29, 1.82) is 0 Å². The smallest absolute Gasteiger partial charge is 0.244 e. The molecule has 1 heterocycles. The summed E-state index contributed by atoms with van der Waals surface area (Å²) in [7, 11) is 0. The van der Waals surface area contributed by atoms with E-state index in [4.69, 9.17) is 9.47 Å². The number of carbonyl (C=O) groups excluding carboxylic acids is 1. The molecule has 140 valence electrons. The number of hydrogen-bond donors (Lipinski definition) is 1.